The van der Waals surface area contributed by atoms with Gasteiger partial charge in [-0.3, -0.25) is 18.7 Å². The van der Waals surface area contributed by atoms with Gasteiger partial charge in [-0.25, -0.2) is 4.98 Å². The minimum atomic E-state index is -0.218. The highest BCUT2D eigenvalue weighted by molar-refractivity contribution is 7.99. The molecule has 10 heteroatoms. The Morgan fingerprint density at radius 3 is 2.51 bits per heavy atom. The van der Waals surface area contributed by atoms with Gasteiger partial charge in [0.1, 0.15) is 10.5 Å². The molecule has 1 amide bonds. The number of para-hydroxylation sites is 1. The Bertz CT molecular complexity index is 1570. The number of hydrogen-bond acceptors (Lipinski definition) is 7. The number of thioether (sulfide) groups is 1. The molecule has 0 bridgehead atoms. The number of carbonyl (C=O) groups excluding carboxylic acids is 1. The smallest absolute Gasteiger partial charge is 0.274 e. The lowest BCUT2D eigenvalue weighted by Crippen LogP contribution is -2.27. The predicted octanol–water partition coefficient (Wildman–Crippen LogP) is 5.03. The zero-order valence-corrected chi connectivity index (χ0v) is 20.9. The topological polar surface area (TPSA) is 82.1 Å². The molecule has 0 atom stereocenters. The molecule has 3 aromatic heterocycles. The number of nitrogens with zero attached hydrogens (tertiary/aromatic N) is 3. The molecule has 2 aromatic carbocycles. The second-order valence-electron chi connectivity index (χ2n) is 7.61. The number of fused-ring (bicyclic) bond motifs is 1. The first-order valence-corrected chi connectivity index (χ1v) is 13.0. The summed E-state index contributed by atoms with van der Waals surface area (Å²) < 4.78 is 9.80. The lowest BCUT2D eigenvalue weighted by atomic mass is 10.2. The average molecular weight is 521 g/mol. The number of aromatic nitrogens is 3. The second kappa shape index (κ2) is 10.4. The molecule has 0 saturated heterocycles. The first-order chi connectivity index (χ1) is 17.1. The maximum Gasteiger partial charge on any atom is 0.274 e. The molecule has 1 N–H and O–H groups in total. The lowest BCUT2D eigenvalue weighted by molar-refractivity contribution is -0.118. The quantitative estimate of drug-likeness (QED) is 0.176. The summed E-state index contributed by atoms with van der Waals surface area (Å²) in [6.07, 6.45) is 1.56. The number of nitrogens with one attached hydrogen (secondary N) is 1. The summed E-state index contributed by atoms with van der Waals surface area (Å²) in [7, 11) is 0. The van der Waals surface area contributed by atoms with Crippen LogP contribution in [0.1, 0.15) is 11.3 Å². The molecule has 0 aliphatic carbocycles. The summed E-state index contributed by atoms with van der Waals surface area (Å²) in [5.41, 5.74) is 2.11. The zero-order valence-electron chi connectivity index (χ0n) is 18.4. The number of rotatable bonds is 8. The zero-order chi connectivity index (χ0) is 24.2. The Hall–Kier alpha value is -3.47. The van der Waals surface area contributed by atoms with E-state index in [2.05, 4.69) is 5.32 Å². The number of thiazole rings is 1. The van der Waals surface area contributed by atoms with E-state index in [-0.39, 0.29) is 23.8 Å². The highest BCUT2D eigenvalue weighted by Gasteiger charge is 2.19. The molecule has 5 aromatic rings. The van der Waals surface area contributed by atoms with Crippen molar-refractivity contribution in [3.8, 4) is 5.69 Å². The van der Waals surface area contributed by atoms with Crippen LogP contribution >= 0.6 is 35.3 Å². The van der Waals surface area contributed by atoms with Crippen LogP contribution in [0.15, 0.2) is 93.4 Å². The number of carbonyl (C=O) groups is 1. The molecule has 0 spiro atoms. The van der Waals surface area contributed by atoms with E-state index in [0.29, 0.717) is 31.8 Å². The highest BCUT2D eigenvalue weighted by Crippen LogP contribution is 2.26. The Morgan fingerprint density at radius 2 is 1.80 bits per heavy atom. The molecule has 0 aliphatic heterocycles. The fourth-order valence-corrected chi connectivity index (χ4v) is 5.70. The standard InChI is InChI=1S/C25H20N4O3S3/c30-20(26-14-17-8-3-1-4-9-17)16-34-24-27-22-21(23(31)28(24)15-19-12-7-13-32-19)35-25(33)29(22)18-10-5-2-6-11-18/h1-13H,14-16H2,(H,26,30). The molecular formula is C25H20N4O3S3. The fourth-order valence-electron chi connectivity index (χ4n) is 3.56. The summed E-state index contributed by atoms with van der Waals surface area (Å²) in [6, 6.07) is 22.8. The van der Waals surface area contributed by atoms with E-state index >= 15 is 0 Å². The largest absolute Gasteiger partial charge is 0.467 e. The van der Waals surface area contributed by atoms with E-state index in [1.54, 1.807) is 23.0 Å². The molecule has 0 saturated carbocycles. The van der Waals surface area contributed by atoms with Crippen LogP contribution in [-0.2, 0) is 17.9 Å². The molecule has 5 rings (SSSR count). The molecule has 3 heterocycles. The first kappa shape index (κ1) is 23.3. The number of furan rings is 1. The van der Waals surface area contributed by atoms with Crippen molar-refractivity contribution in [2.24, 2.45) is 0 Å². The van der Waals surface area contributed by atoms with Crippen LogP contribution in [-0.4, -0.2) is 25.8 Å². The van der Waals surface area contributed by atoms with Crippen LogP contribution in [0.2, 0.25) is 0 Å². The number of benzene rings is 2. The molecule has 35 heavy (non-hydrogen) atoms. The van der Waals surface area contributed by atoms with Gasteiger partial charge >= 0.3 is 0 Å². The van der Waals surface area contributed by atoms with Gasteiger partial charge in [-0.1, -0.05) is 71.6 Å². The van der Waals surface area contributed by atoms with Gasteiger partial charge in [0.25, 0.3) is 5.56 Å². The van der Waals surface area contributed by atoms with Gasteiger partial charge in [0.2, 0.25) is 5.91 Å². The normalized spacial score (nSPS) is 11.1. The highest BCUT2D eigenvalue weighted by atomic mass is 32.2. The minimum absolute atomic E-state index is 0.110. The van der Waals surface area contributed by atoms with E-state index in [1.165, 1.54) is 27.7 Å². The van der Waals surface area contributed by atoms with Crippen molar-refractivity contribution in [3.63, 3.8) is 0 Å². The van der Waals surface area contributed by atoms with E-state index < -0.39 is 0 Å². The van der Waals surface area contributed by atoms with Gasteiger partial charge in [-0.2, -0.15) is 0 Å². The summed E-state index contributed by atoms with van der Waals surface area (Å²) in [6.45, 7) is 0.641. The van der Waals surface area contributed by atoms with Crippen molar-refractivity contribution in [2.45, 2.75) is 18.2 Å². The first-order valence-electron chi connectivity index (χ1n) is 10.8. The van der Waals surface area contributed by atoms with Crippen molar-refractivity contribution in [1.82, 2.24) is 19.4 Å². The predicted molar refractivity (Wildman–Crippen MR) is 141 cm³/mol. The van der Waals surface area contributed by atoms with E-state index in [4.69, 9.17) is 21.6 Å². The van der Waals surface area contributed by atoms with Gasteiger partial charge in [0, 0.05) is 12.2 Å². The van der Waals surface area contributed by atoms with Gasteiger partial charge in [0.15, 0.2) is 14.8 Å². The van der Waals surface area contributed by atoms with E-state index in [1.807, 2.05) is 60.7 Å². The average Bonchev–Trinajstić information content (AvgIpc) is 3.52. The Morgan fingerprint density at radius 1 is 1.06 bits per heavy atom. The van der Waals surface area contributed by atoms with E-state index in [9.17, 15) is 9.59 Å². The fraction of sp³-hybridized carbons (Fsp3) is 0.120. The Balaban J connectivity index is 1.49. The summed E-state index contributed by atoms with van der Waals surface area (Å²) in [4.78, 5) is 30.9. The van der Waals surface area contributed by atoms with Crippen molar-refractivity contribution >= 4 is 51.6 Å². The monoisotopic (exact) mass is 520 g/mol. The third-order valence-electron chi connectivity index (χ3n) is 5.23. The molecule has 7 nitrogen and oxygen atoms in total. The van der Waals surface area contributed by atoms with Crippen LogP contribution in [0, 0.1) is 3.95 Å². The van der Waals surface area contributed by atoms with Crippen molar-refractivity contribution in [2.75, 3.05) is 5.75 Å². The maximum absolute atomic E-state index is 13.5. The summed E-state index contributed by atoms with van der Waals surface area (Å²) >= 11 is 8.03. The third-order valence-corrected chi connectivity index (χ3v) is 7.56. The van der Waals surface area contributed by atoms with Crippen LogP contribution in [0.5, 0.6) is 0 Å². The van der Waals surface area contributed by atoms with Crippen LogP contribution in [0.4, 0.5) is 0 Å². The van der Waals surface area contributed by atoms with Crippen LogP contribution in [0.25, 0.3) is 16.0 Å². The minimum Gasteiger partial charge on any atom is -0.467 e. The molecule has 0 unspecified atom stereocenters. The number of hydrogen-bond donors (Lipinski definition) is 1. The summed E-state index contributed by atoms with van der Waals surface area (Å²) in [5, 5.41) is 3.34. The molecule has 176 valence electrons. The Labute approximate surface area is 214 Å². The molecular weight excluding hydrogens is 501 g/mol. The second-order valence-corrected chi connectivity index (χ2v) is 10.2. The summed E-state index contributed by atoms with van der Waals surface area (Å²) in [5.74, 6) is 0.580. The van der Waals surface area contributed by atoms with Crippen molar-refractivity contribution in [3.05, 3.63) is 105 Å². The number of amides is 1. The SMILES string of the molecule is O=C(CSc1nc2c(sc(=S)n2-c2ccccc2)c(=O)n1Cc1ccco1)NCc1ccccc1. The van der Waals surface area contributed by atoms with Crippen LogP contribution in [0.3, 0.4) is 0 Å². The van der Waals surface area contributed by atoms with Gasteiger partial charge in [-0.15, -0.1) is 0 Å². The molecule has 0 radical (unpaired) electrons. The van der Waals surface area contributed by atoms with Gasteiger partial charge < -0.3 is 9.73 Å². The third kappa shape index (κ3) is 5.14. The Kier molecular flexibility index (Phi) is 6.94. The van der Waals surface area contributed by atoms with Crippen molar-refractivity contribution < 1.29 is 9.21 Å². The lowest BCUT2D eigenvalue weighted by Gasteiger charge is -2.12. The molecule has 0 aliphatic rings. The van der Waals surface area contributed by atoms with E-state index in [0.717, 1.165) is 11.3 Å². The molecule has 0 fully saturated rings. The van der Waals surface area contributed by atoms with Gasteiger partial charge in [0.05, 0.1) is 18.6 Å². The maximum atomic E-state index is 13.5. The van der Waals surface area contributed by atoms with Crippen LogP contribution < -0.4 is 10.9 Å². The van der Waals surface area contributed by atoms with Gasteiger partial charge in [-0.05, 0) is 42.0 Å². The van der Waals surface area contributed by atoms with Crippen molar-refractivity contribution in [1.29, 1.82) is 0 Å².